The van der Waals surface area contributed by atoms with Crippen molar-refractivity contribution in [3.05, 3.63) is 53.7 Å². The molecule has 0 unspecified atom stereocenters. The molecule has 2 aromatic rings. The van der Waals surface area contributed by atoms with Gasteiger partial charge in [0.25, 0.3) is 5.91 Å². The van der Waals surface area contributed by atoms with Gasteiger partial charge in [-0.25, -0.2) is 4.98 Å². The largest absolute Gasteiger partial charge is 0.439 e. The first-order valence-electron chi connectivity index (χ1n) is 5.87. The summed E-state index contributed by atoms with van der Waals surface area (Å²) < 4.78 is 5.61. The third kappa shape index (κ3) is 3.53. The first-order chi connectivity index (χ1) is 9.19. The van der Waals surface area contributed by atoms with Gasteiger partial charge in [0.2, 0.25) is 5.88 Å². The van der Waals surface area contributed by atoms with Crippen LogP contribution in [0.1, 0.15) is 16.1 Å². The van der Waals surface area contributed by atoms with Crippen molar-refractivity contribution >= 4 is 5.91 Å². The predicted molar refractivity (Wildman–Crippen MR) is 72.0 cm³/mol. The van der Waals surface area contributed by atoms with E-state index in [0.29, 0.717) is 11.6 Å². The number of rotatable bonds is 5. The topological polar surface area (TPSA) is 77.2 Å². The molecule has 0 fully saturated rings. The highest BCUT2D eigenvalue weighted by molar-refractivity contribution is 5.90. The maximum Gasteiger partial charge on any atom is 0.267 e. The van der Waals surface area contributed by atoms with Crippen LogP contribution in [0.2, 0.25) is 0 Å². The molecule has 1 aromatic heterocycles. The first kappa shape index (κ1) is 13.0. The second-order valence-corrected chi connectivity index (χ2v) is 4.01. The predicted octanol–water partition coefficient (Wildman–Crippen LogP) is 1.69. The Morgan fingerprint density at radius 3 is 2.84 bits per heavy atom. The van der Waals surface area contributed by atoms with Crippen LogP contribution in [-0.2, 0) is 6.54 Å². The number of ether oxygens (including phenoxy) is 1. The molecule has 0 saturated carbocycles. The van der Waals surface area contributed by atoms with E-state index in [4.69, 9.17) is 10.5 Å². The van der Waals surface area contributed by atoms with Crippen molar-refractivity contribution in [2.45, 2.75) is 6.54 Å². The van der Waals surface area contributed by atoms with Crippen molar-refractivity contribution in [2.24, 2.45) is 5.73 Å². The van der Waals surface area contributed by atoms with Crippen LogP contribution in [0.3, 0.4) is 0 Å². The van der Waals surface area contributed by atoms with Gasteiger partial charge in [-0.15, -0.1) is 0 Å². The highest BCUT2D eigenvalue weighted by Gasteiger charge is 2.05. The normalized spacial score (nSPS) is 10.2. The molecule has 19 heavy (non-hydrogen) atoms. The van der Waals surface area contributed by atoms with E-state index in [9.17, 15) is 4.79 Å². The molecule has 0 spiro atoms. The first-order valence-corrected chi connectivity index (χ1v) is 5.87. The van der Waals surface area contributed by atoms with E-state index >= 15 is 0 Å². The van der Waals surface area contributed by atoms with Crippen LogP contribution < -0.4 is 15.8 Å². The number of nitrogens with two attached hydrogens (primary N) is 1. The lowest BCUT2D eigenvalue weighted by atomic mass is 10.2. The van der Waals surface area contributed by atoms with Gasteiger partial charge in [-0.3, -0.25) is 4.79 Å². The molecule has 0 aliphatic heterocycles. The zero-order valence-corrected chi connectivity index (χ0v) is 10.6. The van der Waals surface area contributed by atoms with Crippen LogP contribution in [0.25, 0.3) is 0 Å². The zero-order valence-electron chi connectivity index (χ0n) is 10.6. The highest BCUT2D eigenvalue weighted by atomic mass is 16.5. The number of hydrogen-bond acceptors (Lipinski definition) is 4. The van der Waals surface area contributed by atoms with E-state index < -0.39 is 5.91 Å². The lowest BCUT2D eigenvalue weighted by molar-refractivity contribution is 0.0995. The number of carbonyl (C=O) groups is 1. The van der Waals surface area contributed by atoms with Crippen molar-refractivity contribution in [3.8, 4) is 11.6 Å². The van der Waals surface area contributed by atoms with Crippen LogP contribution in [-0.4, -0.2) is 17.9 Å². The molecule has 1 amide bonds. The summed E-state index contributed by atoms with van der Waals surface area (Å²) in [5.41, 5.74) is 6.46. The van der Waals surface area contributed by atoms with Crippen LogP contribution in [0.5, 0.6) is 11.6 Å². The van der Waals surface area contributed by atoms with Crippen LogP contribution >= 0.6 is 0 Å². The van der Waals surface area contributed by atoms with Gasteiger partial charge in [0.1, 0.15) is 11.4 Å². The Morgan fingerprint density at radius 1 is 1.32 bits per heavy atom. The minimum absolute atomic E-state index is 0.184. The zero-order chi connectivity index (χ0) is 13.7. The molecule has 5 nitrogen and oxygen atoms in total. The molecule has 0 aliphatic carbocycles. The van der Waals surface area contributed by atoms with Crippen molar-refractivity contribution in [2.75, 3.05) is 7.05 Å². The van der Waals surface area contributed by atoms with E-state index in [1.165, 1.54) is 0 Å². The van der Waals surface area contributed by atoms with Gasteiger partial charge in [0.05, 0.1) is 0 Å². The molecular weight excluding hydrogens is 242 g/mol. The highest BCUT2D eigenvalue weighted by Crippen LogP contribution is 2.20. The minimum atomic E-state index is -0.575. The van der Waals surface area contributed by atoms with Gasteiger partial charge in [0.15, 0.2) is 0 Å². The molecule has 0 saturated heterocycles. The molecule has 5 heteroatoms. The standard InChI is InChI=1S/C14H15N3O2/c1-16-9-10-4-2-5-11(8-10)19-13-7-3-6-12(17-13)14(15)18/h2-8,16H,9H2,1H3,(H2,15,18). The maximum atomic E-state index is 11.0. The molecule has 0 atom stereocenters. The summed E-state index contributed by atoms with van der Waals surface area (Å²) in [4.78, 5) is 15.1. The molecule has 1 heterocycles. The number of nitrogens with one attached hydrogen (secondary N) is 1. The Balaban J connectivity index is 2.18. The number of primary amides is 1. The Morgan fingerprint density at radius 2 is 2.11 bits per heavy atom. The molecule has 98 valence electrons. The van der Waals surface area contributed by atoms with E-state index in [2.05, 4.69) is 10.3 Å². The number of hydrogen-bond donors (Lipinski definition) is 2. The van der Waals surface area contributed by atoms with Crippen molar-refractivity contribution in [3.63, 3.8) is 0 Å². The molecule has 1 aromatic carbocycles. The summed E-state index contributed by atoms with van der Waals surface area (Å²) in [6.45, 7) is 0.756. The Hall–Kier alpha value is -2.40. The summed E-state index contributed by atoms with van der Waals surface area (Å²) >= 11 is 0. The summed E-state index contributed by atoms with van der Waals surface area (Å²) in [6.07, 6.45) is 0. The van der Waals surface area contributed by atoms with Crippen LogP contribution in [0.4, 0.5) is 0 Å². The number of aromatic nitrogens is 1. The van der Waals surface area contributed by atoms with E-state index in [0.717, 1.165) is 12.1 Å². The van der Waals surface area contributed by atoms with Crippen molar-refractivity contribution < 1.29 is 9.53 Å². The third-order valence-corrected chi connectivity index (χ3v) is 2.48. The number of pyridine rings is 1. The monoisotopic (exact) mass is 257 g/mol. The molecule has 2 rings (SSSR count). The Bertz CT molecular complexity index is 584. The Labute approximate surface area is 111 Å². The van der Waals surface area contributed by atoms with Crippen LogP contribution in [0, 0.1) is 0 Å². The van der Waals surface area contributed by atoms with Gasteiger partial charge in [-0.2, -0.15) is 0 Å². The molecule has 0 bridgehead atoms. The van der Waals surface area contributed by atoms with Crippen molar-refractivity contribution in [1.29, 1.82) is 0 Å². The van der Waals surface area contributed by atoms with Gasteiger partial charge in [-0.1, -0.05) is 18.2 Å². The lowest BCUT2D eigenvalue weighted by Crippen LogP contribution is -2.12. The smallest absolute Gasteiger partial charge is 0.267 e. The third-order valence-electron chi connectivity index (χ3n) is 2.48. The second-order valence-electron chi connectivity index (χ2n) is 4.01. The fourth-order valence-electron chi connectivity index (χ4n) is 1.65. The minimum Gasteiger partial charge on any atom is -0.439 e. The van der Waals surface area contributed by atoms with Gasteiger partial charge >= 0.3 is 0 Å². The SMILES string of the molecule is CNCc1cccc(Oc2cccc(C(N)=O)n2)c1. The van der Waals surface area contributed by atoms with E-state index in [1.807, 2.05) is 31.3 Å². The summed E-state index contributed by atoms with van der Waals surface area (Å²) in [5, 5.41) is 3.07. The maximum absolute atomic E-state index is 11.0. The number of amides is 1. The average Bonchev–Trinajstić information content (AvgIpc) is 2.40. The molecule has 0 aliphatic rings. The fourth-order valence-corrected chi connectivity index (χ4v) is 1.65. The quantitative estimate of drug-likeness (QED) is 0.854. The van der Waals surface area contributed by atoms with Gasteiger partial charge in [-0.05, 0) is 30.8 Å². The summed E-state index contributed by atoms with van der Waals surface area (Å²) in [5.74, 6) is 0.439. The number of nitrogens with zero attached hydrogens (tertiary/aromatic N) is 1. The summed E-state index contributed by atoms with van der Waals surface area (Å²) in [7, 11) is 1.88. The van der Waals surface area contributed by atoms with Gasteiger partial charge < -0.3 is 15.8 Å². The molecule has 3 N–H and O–H groups in total. The lowest BCUT2D eigenvalue weighted by Gasteiger charge is -2.07. The summed E-state index contributed by atoms with van der Waals surface area (Å²) in [6, 6.07) is 12.5. The fraction of sp³-hybridized carbons (Fsp3) is 0.143. The molecular formula is C14H15N3O2. The second kappa shape index (κ2) is 5.97. The Kier molecular flexibility index (Phi) is 4.10. The average molecular weight is 257 g/mol. The van der Waals surface area contributed by atoms with E-state index in [1.54, 1.807) is 18.2 Å². The van der Waals surface area contributed by atoms with Crippen molar-refractivity contribution in [1.82, 2.24) is 10.3 Å². The molecule has 0 radical (unpaired) electrons. The van der Waals surface area contributed by atoms with E-state index in [-0.39, 0.29) is 5.69 Å². The number of benzene rings is 1. The van der Waals surface area contributed by atoms with Gasteiger partial charge in [0, 0.05) is 12.6 Å². The van der Waals surface area contributed by atoms with Crippen LogP contribution in [0.15, 0.2) is 42.5 Å². The number of carbonyl (C=O) groups excluding carboxylic acids is 1.